The summed E-state index contributed by atoms with van der Waals surface area (Å²) >= 11 is 0. The minimum Gasteiger partial charge on any atom is -0.462 e. The second-order valence-electron chi connectivity index (χ2n) is 18.1. The first kappa shape index (κ1) is 61.9. The summed E-state index contributed by atoms with van der Waals surface area (Å²) in [4.78, 5) is 37.6. The maximum atomic E-state index is 12.7. The van der Waals surface area contributed by atoms with Crippen LogP contribution >= 0.6 is 0 Å². The smallest absolute Gasteiger partial charge is 0.306 e. The molecule has 65 heavy (non-hydrogen) atoms. The van der Waals surface area contributed by atoms with Crippen LogP contribution in [0.25, 0.3) is 0 Å². The lowest BCUT2D eigenvalue weighted by Gasteiger charge is -2.18. The van der Waals surface area contributed by atoms with E-state index >= 15 is 0 Å². The number of hydrogen-bond acceptors (Lipinski definition) is 6. The molecule has 0 aromatic rings. The second kappa shape index (κ2) is 53.5. The molecule has 0 spiro atoms. The van der Waals surface area contributed by atoms with E-state index in [0.717, 1.165) is 103 Å². The van der Waals surface area contributed by atoms with Crippen molar-refractivity contribution in [3.63, 3.8) is 0 Å². The maximum Gasteiger partial charge on any atom is 0.306 e. The molecule has 0 aliphatic heterocycles. The number of carbonyl (C=O) groups excluding carboxylic acids is 3. The quantitative estimate of drug-likeness (QED) is 0.0262. The lowest BCUT2D eigenvalue weighted by Crippen LogP contribution is -2.30. The summed E-state index contributed by atoms with van der Waals surface area (Å²) in [6.45, 7) is 6.44. The Balaban J connectivity index is 3.97. The highest BCUT2D eigenvalue weighted by Crippen LogP contribution is 2.15. The number of unbranched alkanes of at least 4 members (excludes halogenated alkanes) is 26. The minimum absolute atomic E-state index is 0.0733. The average molecular weight is 907 g/mol. The van der Waals surface area contributed by atoms with Gasteiger partial charge in [-0.1, -0.05) is 248 Å². The van der Waals surface area contributed by atoms with Crippen molar-refractivity contribution < 1.29 is 28.6 Å². The third-order valence-corrected chi connectivity index (χ3v) is 11.7. The molecule has 1 unspecified atom stereocenters. The number of esters is 3. The lowest BCUT2D eigenvalue weighted by atomic mass is 10.0. The average Bonchev–Trinajstić information content (AvgIpc) is 3.30. The van der Waals surface area contributed by atoms with E-state index in [4.69, 9.17) is 14.2 Å². The molecule has 0 saturated carbocycles. The van der Waals surface area contributed by atoms with Gasteiger partial charge in [0.15, 0.2) is 6.10 Å². The van der Waals surface area contributed by atoms with Gasteiger partial charge in [0.25, 0.3) is 0 Å². The van der Waals surface area contributed by atoms with Crippen LogP contribution in [0.2, 0.25) is 0 Å². The van der Waals surface area contributed by atoms with Gasteiger partial charge in [0.1, 0.15) is 13.2 Å². The zero-order valence-electron chi connectivity index (χ0n) is 42.7. The molecule has 0 radical (unpaired) electrons. The van der Waals surface area contributed by atoms with E-state index in [1.807, 2.05) is 0 Å². The fourth-order valence-corrected chi connectivity index (χ4v) is 7.62. The molecule has 0 fully saturated rings. The molecule has 6 heteroatoms. The van der Waals surface area contributed by atoms with Crippen molar-refractivity contribution >= 4 is 17.9 Å². The van der Waals surface area contributed by atoms with Gasteiger partial charge in [-0.25, -0.2) is 0 Å². The molecule has 1 atom stereocenters. The largest absolute Gasteiger partial charge is 0.462 e. The van der Waals surface area contributed by atoms with Crippen molar-refractivity contribution in [1.29, 1.82) is 0 Å². The van der Waals surface area contributed by atoms with Crippen LogP contribution in [-0.4, -0.2) is 37.2 Å². The minimum atomic E-state index is -0.767. The Kier molecular flexibility index (Phi) is 50.9. The van der Waals surface area contributed by atoms with Gasteiger partial charge in [0.2, 0.25) is 0 Å². The molecule has 0 amide bonds. The number of carbonyl (C=O) groups is 3. The topological polar surface area (TPSA) is 78.9 Å². The molecule has 0 bridgehead atoms. The molecule has 0 heterocycles. The molecule has 0 aliphatic rings. The first-order chi connectivity index (χ1) is 32.0. The first-order valence-corrected chi connectivity index (χ1v) is 27.4. The van der Waals surface area contributed by atoms with E-state index in [1.54, 1.807) is 0 Å². The lowest BCUT2D eigenvalue weighted by molar-refractivity contribution is -0.167. The molecule has 0 saturated heterocycles. The van der Waals surface area contributed by atoms with E-state index in [-0.39, 0.29) is 31.1 Å². The van der Waals surface area contributed by atoms with Crippen molar-refractivity contribution in [2.75, 3.05) is 13.2 Å². The van der Waals surface area contributed by atoms with Gasteiger partial charge in [0, 0.05) is 19.3 Å². The van der Waals surface area contributed by atoms with Crippen molar-refractivity contribution in [1.82, 2.24) is 0 Å². The summed E-state index contributed by atoms with van der Waals surface area (Å²) in [5, 5.41) is 0. The van der Waals surface area contributed by atoms with E-state index in [0.29, 0.717) is 19.3 Å². The molecule has 0 aromatic heterocycles. The molecule has 0 N–H and O–H groups in total. The van der Waals surface area contributed by atoms with Crippen LogP contribution in [0.3, 0.4) is 0 Å². The summed E-state index contributed by atoms with van der Waals surface area (Å²) in [7, 11) is 0. The zero-order chi connectivity index (χ0) is 47.2. The molecule has 0 rings (SSSR count). The van der Waals surface area contributed by atoms with Gasteiger partial charge in [-0.3, -0.25) is 14.4 Å². The van der Waals surface area contributed by atoms with Crippen LogP contribution < -0.4 is 0 Å². The van der Waals surface area contributed by atoms with Gasteiger partial charge in [-0.15, -0.1) is 0 Å². The monoisotopic (exact) mass is 907 g/mol. The molecule has 6 nitrogen and oxygen atoms in total. The Morgan fingerprint density at radius 3 is 0.938 bits per heavy atom. The van der Waals surface area contributed by atoms with Gasteiger partial charge in [-0.2, -0.15) is 0 Å². The molecular formula is C59H102O6. The fraction of sp³-hybridized carbons (Fsp3) is 0.746. The van der Waals surface area contributed by atoms with Crippen LogP contribution in [0.4, 0.5) is 0 Å². The predicted molar refractivity (Wildman–Crippen MR) is 279 cm³/mol. The SMILES string of the molecule is CC/C=C\C/C=C\C/C=C\C/C=C\C/C=C\C/C=C\CCCCCCCCCCCCCCC(=O)OCC(COC(=O)CCCCCCC)OC(=O)CCCCCCCCCCCCC. The van der Waals surface area contributed by atoms with Gasteiger partial charge in [0.05, 0.1) is 0 Å². The van der Waals surface area contributed by atoms with Crippen molar-refractivity contribution in [3.05, 3.63) is 72.9 Å². The van der Waals surface area contributed by atoms with Crippen LogP contribution in [-0.2, 0) is 28.6 Å². The standard InChI is InChI=1S/C59H102O6/c1-4-7-10-13-15-17-19-20-21-22-23-24-25-26-27-28-29-30-31-32-33-34-35-36-37-38-40-41-43-46-49-52-58(61)64-55-56(54-63-57(60)51-48-45-12-9-6-3)65-59(62)53-50-47-44-42-39-18-16-14-11-8-5-2/h7,10,15,17,20-21,23-24,26-27,29-30,56H,4-6,8-9,11-14,16,18-19,22,25,28,31-55H2,1-3H3/b10-7-,17-15-,21-20-,24-23-,27-26-,30-29-. The van der Waals surface area contributed by atoms with E-state index in [9.17, 15) is 14.4 Å². The highest BCUT2D eigenvalue weighted by Gasteiger charge is 2.19. The Morgan fingerprint density at radius 2 is 0.600 bits per heavy atom. The van der Waals surface area contributed by atoms with Crippen molar-refractivity contribution in [2.45, 2.75) is 271 Å². The highest BCUT2D eigenvalue weighted by atomic mass is 16.6. The third-order valence-electron chi connectivity index (χ3n) is 11.7. The summed E-state index contributed by atoms with van der Waals surface area (Å²) in [5.41, 5.74) is 0. The van der Waals surface area contributed by atoms with Crippen LogP contribution in [0, 0.1) is 0 Å². The van der Waals surface area contributed by atoms with E-state index in [1.165, 1.54) is 122 Å². The number of ether oxygens (including phenoxy) is 3. The van der Waals surface area contributed by atoms with Crippen LogP contribution in [0.15, 0.2) is 72.9 Å². The molecule has 0 aliphatic carbocycles. The highest BCUT2D eigenvalue weighted by molar-refractivity contribution is 5.71. The normalized spacial score (nSPS) is 12.6. The van der Waals surface area contributed by atoms with Crippen molar-refractivity contribution in [2.24, 2.45) is 0 Å². The maximum absolute atomic E-state index is 12.7. The molecular weight excluding hydrogens is 805 g/mol. The summed E-state index contributed by atoms with van der Waals surface area (Å²) in [5.74, 6) is -0.885. The van der Waals surface area contributed by atoms with E-state index in [2.05, 4.69) is 93.7 Å². The fourth-order valence-electron chi connectivity index (χ4n) is 7.62. The summed E-state index contributed by atoms with van der Waals surface area (Å²) in [6.07, 6.45) is 68.0. The number of hydrogen-bond donors (Lipinski definition) is 0. The number of rotatable bonds is 49. The summed E-state index contributed by atoms with van der Waals surface area (Å²) < 4.78 is 16.7. The Bertz CT molecular complexity index is 1230. The Hall–Kier alpha value is -3.15. The second-order valence-corrected chi connectivity index (χ2v) is 18.1. The van der Waals surface area contributed by atoms with Crippen molar-refractivity contribution in [3.8, 4) is 0 Å². The first-order valence-electron chi connectivity index (χ1n) is 27.4. The summed E-state index contributed by atoms with van der Waals surface area (Å²) in [6, 6.07) is 0. The predicted octanol–water partition coefficient (Wildman–Crippen LogP) is 18.2. The number of allylic oxidation sites excluding steroid dienone is 12. The van der Waals surface area contributed by atoms with E-state index < -0.39 is 6.10 Å². The van der Waals surface area contributed by atoms with Gasteiger partial charge < -0.3 is 14.2 Å². The van der Waals surface area contributed by atoms with Gasteiger partial charge >= 0.3 is 17.9 Å². The molecule has 374 valence electrons. The Labute approximate surface area is 402 Å². The zero-order valence-corrected chi connectivity index (χ0v) is 42.7. The molecule has 0 aromatic carbocycles. The van der Waals surface area contributed by atoms with Crippen LogP contribution in [0.5, 0.6) is 0 Å². The Morgan fingerprint density at radius 1 is 0.323 bits per heavy atom. The third kappa shape index (κ3) is 51.7. The van der Waals surface area contributed by atoms with Crippen LogP contribution in [0.1, 0.15) is 265 Å². The van der Waals surface area contributed by atoms with Gasteiger partial charge in [-0.05, 0) is 70.6 Å².